The summed E-state index contributed by atoms with van der Waals surface area (Å²) in [5.41, 5.74) is 1.63. The van der Waals surface area contributed by atoms with Crippen molar-refractivity contribution >= 4 is 35.4 Å². The maximum absolute atomic E-state index is 14.0. The van der Waals surface area contributed by atoms with Gasteiger partial charge in [0.15, 0.2) is 0 Å². The Balaban J connectivity index is 1.45. The summed E-state index contributed by atoms with van der Waals surface area (Å²) in [6.07, 6.45) is 2.32. The van der Waals surface area contributed by atoms with E-state index in [0.29, 0.717) is 38.8 Å². The van der Waals surface area contributed by atoms with Crippen LogP contribution in [0.1, 0.15) is 50.7 Å². The maximum Gasteiger partial charge on any atom is 0.246 e. The molecule has 0 aromatic heterocycles. The third-order valence-corrected chi connectivity index (χ3v) is 8.98. The minimum atomic E-state index is -1.01. The Labute approximate surface area is 268 Å². The first-order valence-corrected chi connectivity index (χ1v) is 16.0. The van der Waals surface area contributed by atoms with Crippen LogP contribution in [-0.4, -0.2) is 94.6 Å². The molecule has 0 bridgehead atoms. The molecule has 0 spiro atoms. The van der Waals surface area contributed by atoms with Crippen molar-refractivity contribution in [2.75, 3.05) is 13.1 Å². The SMILES string of the molecule is CC1NC(=O)C2CCCN2C(=O)C(Cc2ccccc2)NC(=O)C(C)NC(=O)C2CCCN2C(=O)C(Cc2ccccc2)NC1=O. The summed E-state index contributed by atoms with van der Waals surface area (Å²) in [6, 6.07) is 12.8. The van der Waals surface area contributed by atoms with E-state index >= 15 is 0 Å². The van der Waals surface area contributed by atoms with Crippen LogP contribution in [0.25, 0.3) is 0 Å². The number of nitrogens with one attached hydrogen (secondary N) is 4. The van der Waals surface area contributed by atoms with E-state index in [0.717, 1.165) is 11.1 Å². The Morgan fingerprint density at radius 2 is 0.913 bits per heavy atom. The summed E-state index contributed by atoms with van der Waals surface area (Å²) in [5, 5.41) is 11.1. The van der Waals surface area contributed by atoms with Crippen LogP contribution in [0.2, 0.25) is 0 Å². The molecule has 244 valence electrons. The highest BCUT2D eigenvalue weighted by molar-refractivity contribution is 5.98. The Morgan fingerprint density at radius 3 is 1.28 bits per heavy atom. The number of benzene rings is 2. The highest BCUT2D eigenvalue weighted by atomic mass is 16.2. The molecule has 3 aliphatic rings. The first-order valence-electron chi connectivity index (χ1n) is 16.0. The largest absolute Gasteiger partial charge is 0.343 e. The Morgan fingerprint density at radius 1 is 0.543 bits per heavy atom. The summed E-state index contributed by atoms with van der Waals surface area (Å²) in [7, 11) is 0. The van der Waals surface area contributed by atoms with Gasteiger partial charge in [0.1, 0.15) is 36.3 Å². The molecular weight excluding hydrogens is 588 g/mol. The quantitative estimate of drug-likeness (QED) is 0.384. The zero-order valence-electron chi connectivity index (χ0n) is 26.2. The number of amides is 6. The number of rotatable bonds is 4. The number of hydrogen-bond acceptors (Lipinski definition) is 6. The van der Waals surface area contributed by atoms with E-state index in [1.807, 2.05) is 60.7 Å². The molecule has 4 N–H and O–H groups in total. The van der Waals surface area contributed by atoms with E-state index in [2.05, 4.69) is 21.3 Å². The van der Waals surface area contributed by atoms with Gasteiger partial charge in [-0.15, -0.1) is 0 Å². The molecule has 12 heteroatoms. The van der Waals surface area contributed by atoms with E-state index in [1.165, 1.54) is 23.6 Å². The highest BCUT2D eigenvalue weighted by Gasteiger charge is 2.41. The average Bonchev–Trinajstić information content (AvgIpc) is 3.75. The number of hydrogen-bond donors (Lipinski definition) is 4. The van der Waals surface area contributed by atoms with Crippen molar-refractivity contribution in [1.82, 2.24) is 31.1 Å². The lowest BCUT2D eigenvalue weighted by Gasteiger charge is -2.32. The van der Waals surface area contributed by atoms with Crippen LogP contribution in [0.4, 0.5) is 0 Å². The smallest absolute Gasteiger partial charge is 0.246 e. The lowest BCUT2D eigenvalue weighted by molar-refractivity contribution is -0.144. The molecule has 0 radical (unpaired) electrons. The van der Waals surface area contributed by atoms with E-state index in [9.17, 15) is 28.8 Å². The third kappa shape index (κ3) is 7.55. The normalized spacial score (nSPS) is 28.3. The van der Waals surface area contributed by atoms with Crippen LogP contribution < -0.4 is 21.3 Å². The molecular formula is C34H42N6O6. The predicted molar refractivity (Wildman–Crippen MR) is 169 cm³/mol. The molecule has 12 nitrogen and oxygen atoms in total. The molecule has 46 heavy (non-hydrogen) atoms. The number of carbonyl (C=O) groups is 6. The molecule has 6 unspecified atom stereocenters. The zero-order valence-corrected chi connectivity index (χ0v) is 26.2. The van der Waals surface area contributed by atoms with Crippen LogP contribution in [0.5, 0.6) is 0 Å². The van der Waals surface area contributed by atoms with E-state index < -0.39 is 71.7 Å². The van der Waals surface area contributed by atoms with Gasteiger partial charge in [-0.2, -0.15) is 0 Å². The fraction of sp³-hybridized carbons (Fsp3) is 0.471. The first kappa shape index (κ1) is 32.6. The van der Waals surface area contributed by atoms with Gasteiger partial charge in [-0.25, -0.2) is 0 Å². The molecule has 3 aliphatic heterocycles. The summed E-state index contributed by atoms with van der Waals surface area (Å²) in [4.78, 5) is 84.7. The Kier molecular flexibility index (Phi) is 10.3. The second-order valence-electron chi connectivity index (χ2n) is 12.3. The number of nitrogens with zero attached hydrogens (tertiary/aromatic N) is 2. The van der Waals surface area contributed by atoms with Crippen LogP contribution in [0, 0.1) is 0 Å². The zero-order chi connectivity index (χ0) is 32.8. The summed E-state index contributed by atoms with van der Waals surface area (Å²) < 4.78 is 0. The Hall–Kier alpha value is -4.74. The van der Waals surface area contributed by atoms with Crippen molar-refractivity contribution in [3.8, 4) is 0 Å². The predicted octanol–water partition coefficient (Wildman–Crippen LogP) is 0.446. The van der Waals surface area contributed by atoms with Gasteiger partial charge < -0.3 is 31.1 Å². The second-order valence-corrected chi connectivity index (χ2v) is 12.3. The van der Waals surface area contributed by atoms with E-state index in [-0.39, 0.29) is 12.8 Å². The van der Waals surface area contributed by atoms with Gasteiger partial charge in [0.05, 0.1) is 0 Å². The summed E-state index contributed by atoms with van der Waals surface area (Å²) in [5.74, 6) is -2.90. The van der Waals surface area contributed by atoms with Gasteiger partial charge in [0.2, 0.25) is 35.4 Å². The molecule has 2 aromatic rings. The molecule has 0 aliphatic carbocycles. The fourth-order valence-corrected chi connectivity index (χ4v) is 6.45. The number of fused-ring (bicyclic) bond motifs is 2. The van der Waals surface area contributed by atoms with Crippen LogP contribution in [0.15, 0.2) is 60.7 Å². The van der Waals surface area contributed by atoms with Crippen LogP contribution in [0.3, 0.4) is 0 Å². The monoisotopic (exact) mass is 630 g/mol. The highest BCUT2D eigenvalue weighted by Crippen LogP contribution is 2.22. The van der Waals surface area contributed by atoms with Gasteiger partial charge in [-0.3, -0.25) is 28.8 Å². The molecule has 5 rings (SSSR count). The molecule has 3 fully saturated rings. The van der Waals surface area contributed by atoms with E-state index in [4.69, 9.17) is 0 Å². The van der Waals surface area contributed by atoms with Gasteiger partial charge in [0, 0.05) is 25.9 Å². The minimum absolute atomic E-state index is 0.184. The topological polar surface area (TPSA) is 157 Å². The maximum atomic E-state index is 14.0. The lowest BCUT2D eigenvalue weighted by atomic mass is 10.0. The minimum Gasteiger partial charge on any atom is -0.343 e. The van der Waals surface area contributed by atoms with Crippen molar-refractivity contribution in [2.45, 2.75) is 88.6 Å². The second kappa shape index (κ2) is 14.6. The van der Waals surface area contributed by atoms with Crippen molar-refractivity contribution in [3.05, 3.63) is 71.8 Å². The molecule has 3 saturated heterocycles. The summed E-state index contributed by atoms with van der Waals surface area (Å²) >= 11 is 0. The molecule has 3 heterocycles. The van der Waals surface area contributed by atoms with Crippen LogP contribution >= 0.6 is 0 Å². The Bertz CT molecular complexity index is 1340. The fourth-order valence-electron chi connectivity index (χ4n) is 6.45. The van der Waals surface area contributed by atoms with Gasteiger partial charge >= 0.3 is 0 Å². The first-order chi connectivity index (χ1) is 22.1. The van der Waals surface area contributed by atoms with Crippen molar-refractivity contribution in [3.63, 3.8) is 0 Å². The van der Waals surface area contributed by atoms with Crippen molar-refractivity contribution < 1.29 is 28.8 Å². The third-order valence-electron chi connectivity index (χ3n) is 8.98. The molecule has 6 amide bonds. The molecule has 2 aromatic carbocycles. The molecule has 0 saturated carbocycles. The van der Waals surface area contributed by atoms with Gasteiger partial charge in [-0.05, 0) is 50.7 Å². The number of carbonyl (C=O) groups excluding carboxylic acids is 6. The summed E-state index contributed by atoms with van der Waals surface area (Å²) in [6.45, 7) is 3.69. The average molecular weight is 631 g/mol. The van der Waals surface area contributed by atoms with Crippen molar-refractivity contribution in [1.29, 1.82) is 0 Å². The van der Waals surface area contributed by atoms with Crippen molar-refractivity contribution in [2.24, 2.45) is 0 Å². The lowest BCUT2D eigenvalue weighted by Crippen LogP contribution is -2.61. The molecule has 6 atom stereocenters. The van der Waals surface area contributed by atoms with Gasteiger partial charge in [0.25, 0.3) is 0 Å². The van der Waals surface area contributed by atoms with Gasteiger partial charge in [-0.1, -0.05) is 60.7 Å². The van der Waals surface area contributed by atoms with E-state index in [1.54, 1.807) is 0 Å². The standard InChI is InChI=1S/C34H42N6O6/c1-21-29(41)37-25(19-23-11-5-3-6-12-23)33(45)40-18-10-16-28(40)32(44)36-22(2)30(42)38-26(20-24-13-7-4-8-14-24)34(46)39-17-9-15-27(39)31(43)35-21/h3-8,11-14,21-22,25-28H,9-10,15-20H2,1-2H3,(H,35,43)(H,36,44)(H,37,41)(H,38,42). The van der Waals surface area contributed by atoms with Crippen LogP contribution in [-0.2, 0) is 41.6 Å².